The SMILES string of the molecule is O=C(COC(=O)c1cc2ccccc2o1)Nc1ccccc1C(=O)Nc1ccccc1. The Kier molecular flexibility index (Phi) is 5.75. The van der Waals surface area contributed by atoms with Gasteiger partial charge in [0.25, 0.3) is 11.8 Å². The van der Waals surface area contributed by atoms with Crippen LogP contribution in [0.3, 0.4) is 0 Å². The summed E-state index contributed by atoms with van der Waals surface area (Å²) >= 11 is 0. The Balaban J connectivity index is 1.38. The first-order valence-electron chi connectivity index (χ1n) is 9.51. The Morgan fingerprint density at radius 2 is 1.52 bits per heavy atom. The van der Waals surface area contributed by atoms with Crippen molar-refractivity contribution < 1.29 is 23.5 Å². The van der Waals surface area contributed by atoms with Crippen molar-refractivity contribution in [3.05, 3.63) is 96.3 Å². The number of nitrogens with one attached hydrogen (secondary N) is 2. The Morgan fingerprint density at radius 3 is 2.32 bits per heavy atom. The van der Waals surface area contributed by atoms with Crippen LogP contribution < -0.4 is 10.6 Å². The number of hydrogen-bond donors (Lipinski definition) is 2. The topological polar surface area (TPSA) is 97.6 Å². The fraction of sp³-hybridized carbons (Fsp3) is 0.0417. The third-order valence-electron chi connectivity index (χ3n) is 4.44. The Morgan fingerprint density at radius 1 is 0.806 bits per heavy atom. The van der Waals surface area contributed by atoms with Gasteiger partial charge in [-0.1, -0.05) is 48.5 Å². The van der Waals surface area contributed by atoms with Gasteiger partial charge in [-0.2, -0.15) is 0 Å². The number of para-hydroxylation sites is 3. The highest BCUT2D eigenvalue weighted by Crippen LogP contribution is 2.20. The van der Waals surface area contributed by atoms with Crippen LogP contribution in [0.1, 0.15) is 20.9 Å². The van der Waals surface area contributed by atoms with E-state index in [1.165, 1.54) is 0 Å². The maximum atomic E-state index is 12.6. The number of amides is 2. The lowest BCUT2D eigenvalue weighted by molar-refractivity contribution is -0.119. The van der Waals surface area contributed by atoms with Crippen LogP contribution in [0.15, 0.2) is 89.3 Å². The quantitative estimate of drug-likeness (QED) is 0.453. The van der Waals surface area contributed by atoms with Crippen molar-refractivity contribution in [2.45, 2.75) is 0 Å². The molecule has 0 saturated heterocycles. The summed E-state index contributed by atoms with van der Waals surface area (Å²) < 4.78 is 10.5. The molecular formula is C24H18N2O5. The molecule has 0 bridgehead atoms. The molecule has 0 radical (unpaired) electrons. The second-order valence-electron chi connectivity index (χ2n) is 6.64. The number of furan rings is 1. The van der Waals surface area contributed by atoms with Crippen LogP contribution in [0.5, 0.6) is 0 Å². The minimum atomic E-state index is -0.749. The zero-order valence-electron chi connectivity index (χ0n) is 16.3. The summed E-state index contributed by atoms with van der Waals surface area (Å²) in [5.41, 5.74) is 1.77. The van der Waals surface area contributed by atoms with Crippen LogP contribution in [-0.2, 0) is 9.53 Å². The summed E-state index contributed by atoms with van der Waals surface area (Å²) in [4.78, 5) is 37.1. The van der Waals surface area contributed by atoms with Gasteiger partial charge in [0, 0.05) is 11.1 Å². The van der Waals surface area contributed by atoms with Crippen molar-refractivity contribution in [2.75, 3.05) is 17.2 Å². The maximum absolute atomic E-state index is 12.6. The summed E-state index contributed by atoms with van der Waals surface area (Å²) in [7, 11) is 0. The van der Waals surface area contributed by atoms with Gasteiger partial charge < -0.3 is 19.8 Å². The number of fused-ring (bicyclic) bond motifs is 1. The molecule has 0 aliphatic heterocycles. The van der Waals surface area contributed by atoms with E-state index < -0.39 is 18.5 Å². The van der Waals surface area contributed by atoms with Crippen LogP contribution in [0.2, 0.25) is 0 Å². The van der Waals surface area contributed by atoms with Gasteiger partial charge >= 0.3 is 5.97 Å². The van der Waals surface area contributed by atoms with Crippen molar-refractivity contribution in [1.29, 1.82) is 0 Å². The lowest BCUT2D eigenvalue weighted by Crippen LogP contribution is -2.23. The number of anilines is 2. The molecule has 0 atom stereocenters. The van der Waals surface area contributed by atoms with E-state index in [-0.39, 0.29) is 17.2 Å². The summed E-state index contributed by atoms with van der Waals surface area (Å²) in [6.45, 7) is -0.523. The third-order valence-corrected chi connectivity index (χ3v) is 4.44. The summed E-state index contributed by atoms with van der Waals surface area (Å²) in [6, 6.07) is 24.3. The number of hydrogen-bond acceptors (Lipinski definition) is 5. The lowest BCUT2D eigenvalue weighted by atomic mass is 10.1. The number of ether oxygens (including phenoxy) is 1. The van der Waals surface area contributed by atoms with Crippen LogP contribution in [0, 0.1) is 0 Å². The van der Waals surface area contributed by atoms with E-state index in [9.17, 15) is 14.4 Å². The molecule has 0 spiro atoms. The molecule has 4 rings (SSSR count). The van der Waals surface area contributed by atoms with Crippen LogP contribution in [-0.4, -0.2) is 24.4 Å². The van der Waals surface area contributed by atoms with Gasteiger partial charge in [-0.15, -0.1) is 0 Å². The molecule has 1 heterocycles. The number of carbonyl (C=O) groups excluding carboxylic acids is 3. The number of carbonyl (C=O) groups is 3. The van der Waals surface area contributed by atoms with Crippen LogP contribution >= 0.6 is 0 Å². The van der Waals surface area contributed by atoms with E-state index in [0.717, 1.165) is 5.39 Å². The molecule has 1 aromatic heterocycles. The van der Waals surface area contributed by atoms with E-state index in [1.54, 1.807) is 72.8 Å². The number of rotatable bonds is 6. The third kappa shape index (κ3) is 4.79. The van der Waals surface area contributed by atoms with Crippen molar-refractivity contribution in [3.8, 4) is 0 Å². The van der Waals surface area contributed by atoms with Gasteiger partial charge in [-0.05, 0) is 36.4 Å². The molecule has 2 amide bonds. The molecule has 4 aromatic rings. The zero-order valence-corrected chi connectivity index (χ0v) is 16.3. The average molecular weight is 414 g/mol. The Labute approximate surface area is 177 Å². The van der Waals surface area contributed by atoms with Crippen LogP contribution in [0.4, 0.5) is 11.4 Å². The van der Waals surface area contributed by atoms with Crippen molar-refractivity contribution in [3.63, 3.8) is 0 Å². The fourth-order valence-electron chi connectivity index (χ4n) is 2.98. The van der Waals surface area contributed by atoms with Gasteiger partial charge in [0.2, 0.25) is 5.76 Å². The molecule has 2 N–H and O–H groups in total. The first kappa shape index (κ1) is 19.9. The number of benzene rings is 3. The summed E-state index contributed by atoms with van der Waals surface area (Å²) in [6.07, 6.45) is 0. The highest BCUT2D eigenvalue weighted by Gasteiger charge is 2.17. The number of esters is 1. The van der Waals surface area contributed by atoms with E-state index in [4.69, 9.17) is 9.15 Å². The van der Waals surface area contributed by atoms with E-state index in [0.29, 0.717) is 17.0 Å². The molecule has 31 heavy (non-hydrogen) atoms. The second kappa shape index (κ2) is 8.96. The molecule has 7 heteroatoms. The minimum Gasteiger partial charge on any atom is -0.450 e. The van der Waals surface area contributed by atoms with Crippen molar-refractivity contribution in [1.82, 2.24) is 0 Å². The van der Waals surface area contributed by atoms with Crippen molar-refractivity contribution >= 4 is 40.1 Å². The highest BCUT2D eigenvalue weighted by molar-refractivity contribution is 6.10. The molecule has 0 saturated carbocycles. The Hall–Kier alpha value is -4.39. The van der Waals surface area contributed by atoms with E-state index in [2.05, 4.69) is 10.6 Å². The summed E-state index contributed by atoms with van der Waals surface area (Å²) in [5, 5.41) is 6.13. The van der Waals surface area contributed by atoms with Gasteiger partial charge in [-0.3, -0.25) is 9.59 Å². The first-order chi connectivity index (χ1) is 15.1. The largest absolute Gasteiger partial charge is 0.450 e. The smallest absolute Gasteiger partial charge is 0.374 e. The van der Waals surface area contributed by atoms with Gasteiger partial charge in [0.05, 0.1) is 11.3 Å². The predicted octanol–water partition coefficient (Wildman–Crippen LogP) is 4.48. The van der Waals surface area contributed by atoms with Crippen molar-refractivity contribution in [2.24, 2.45) is 0 Å². The fourth-order valence-corrected chi connectivity index (χ4v) is 2.98. The lowest BCUT2D eigenvalue weighted by Gasteiger charge is -2.11. The monoisotopic (exact) mass is 414 g/mol. The molecule has 0 aliphatic rings. The van der Waals surface area contributed by atoms with E-state index >= 15 is 0 Å². The maximum Gasteiger partial charge on any atom is 0.374 e. The van der Waals surface area contributed by atoms with Crippen LogP contribution in [0.25, 0.3) is 11.0 Å². The first-order valence-corrected chi connectivity index (χ1v) is 9.51. The standard InChI is InChI=1S/C24H18N2O5/c27-22(15-30-24(29)21-14-16-8-4-7-13-20(16)31-21)26-19-12-6-5-11-18(19)23(28)25-17-9-2-1-3-10-17/h1-14H,15H2,(H,25,28)(H,26,27). The minimum absolute atomic E-state index is 0.0108. The molecule has 7 nitrogen and oxygen atoms in total. The molecule has 0 unspecified atom stereocenters. The summed E-state index contributed by atoms with van der Waals surface area (Å²) in [5.74, 6) is -1.69. The highest BCUT2D eigenvalue weighted by atomic mass is 16.5. The van der Waals surface area contributed by atoms with Gasteiger partial charge in [-0.25, -0.2) is 4.79 Å². The van der Waals surface area contributed by atoms with Gasteiger partial charge in [0.15, 0.2) is 6.61 Å². The Bertz CT molecular complexity index is 1210. The predicted molar refractivity (Wildman–Crippen MR) is 116 cm³/mol. The second-order valence-corrected chi connectivity index (χ2v) is 6.64. The van der Waals surface area contributed by atoms with Gasteiger partial charge in [0.1, 0.15) is 5.58 Å². The molecule has 0 aliphatic carbocycles. The van der Waals surface area contributed by atoms with E-state index in [1.807, 2.05) is 12.1 Å². The molecule has 154 valence electrons. The molecular weight excluding hydrogens is 396 g/mol. The normalized spacial score (nSPS) is 10.5. The zero-order chi connectivity index (χ0) is 21.6. The molecule has 0 fully saturated rings. The average Bonchev–Trinajstić information content (AvgIpc) is 3.23. The molecule has 3 aromatic carbocycles.